The summed E-state index contributed by atoms with van der Waals surface area (Å²) in [6.45, 7) is 10.8. The van der Waals surface area contributed by atoms with E-state index in [0.717, 1.165) is 45.4 Å². The molecule has 3 rings (SSSR count). The normalized spacial score (nSPS) is 14.2. The van der Waals surface area contributed by atoms with E-state index in [1.54, 1.807) is 12.4 Å². The number of carbonyl (C=O) groups is 1. The predicted molar refractivity (Wildman–Crippen MR) is 114 cm³/mol. The van der Waals surface area contributed by atoms with Gasteiger partial charge in [0.25, 0.3) is 5.91 Å². The molecule has 0 atom stereocenters. The van der Waals surface area contributed by atoms with Crippen molar-refractivity contribution in [2.24, 2.45) is 0 Å². The minimum Gasteiger partial charge on any atom is -0.368 e. The summed E-state index contributed by atoms with van der Waals surface area (Å²) in [7, 11) is 0. The lowest BCUT2D eigenvalue weighted by Crippen LogP contribution is -2.47. The molecule has 150 valence electrons. The molecule has 28 heavy (non-hydrogen) atoms. The molecule has 6 nitrogen and oxygen atoms in total. The lowest BCUT2D eigenvalue weighted by Gasteiger charge is -2.37. The first kappa shape index (κ1) is 20.1. The molecule has 1 N–H and O–H groups in total. The number of benzene rings is 1. The Hall–Kier alpha value is -2.63. The average molecular weight is 382 g/mol. The van der Waals surface area contributed by atoms with E-state index in [0.29, 0.717) is 18.1 Å². The van der Waals surface area contributed by atoms with Crippen LogP contribution in [-0.4, -0.2) is 48.6 Å². The Morgan fingerprint density at radius 2 is 1.71 bits per heavy atom. The number of rotatable bonds is 7. The van der Waals surface area contributed by atoms with Gasteiger partial charge in [-0.25, -0.2) is 9.97 Å². The molecule has 2 aromatic rings. The molecule has 0 aliphatic carbocycles. The molecule has 0 radical (unpaired) electrons. The minimum absolute atomic E-state index is 0.0950. The van der Waals surface area contributed by atoms with Crippen molar-refractivity contribution in [1.29, 1.82) is 0 Å². The van der Waals surface area contributed by atoms with Crippen molar-refractivity contribution >= 4 is 17.5 Å². The van der Waals surface area contributed by atoms with Crippen LogP contribution in [0.1, 0.15) is 47.7 Å². The van der Waals surface area contributed by atoms with E-state index in [2.05, 4.69) is 64.1 Å². The quantitative estimate of drug-likeness (QED) is 0.746. The summed E-state index contributed by atoms with van der Waals surface area (Å²) >= 11 is 0. The maximum absolute atomic E-state index is 12.1. The van der Waals surface area contributed by atoms with Crippen molar-refractivity contribution in [3.8, 4) is 0 Å². The van der Waals surface area contributed by atoms with Gasteiger partial charge < -0.3 is 15.1 Å². The summed E-state index contributed by atoms with van der Waals surface area (Å²) in [6.07, 6.45) is 6.54. The summed E-state index contributed by atoms with van der Waals surface area (Å²) in [5.41, 5.74) is 4.51. The van der Waals surface area contributed by atoms with Crippen molar-refractivity contribution in [1.82, 2.24) is 15.3 Å². The Morgan fingerprint density at radius 3 is 2.39 bits per heavy atom. The van der Waals surface area contributed by atoms with Gasteiger partial charge in [-0.1, -0.05) is 31.9 Å². The van der Waals surface area contributed by atoms with Gasteiger partial charge in [0.15, 0.2) is 0 Å². The number of hydrogen-bond donors (Lipinski definition) is 1. The van der Waals surface area contributed by atoms with Gasteiger partial charge in [-0.15, -0.1) is 0 Å². The van der Waals surface area contributed by atoms with Crippen LogP contribution in [0.4, 0.5) is 11.6 Å². The number of aromatic nitrogens is 2. The van der Waals surface area contributed by atoms with E-state index in [9.17, 15) is 4.79 Å². The summed E-state index contributed by atoms with van der Waals surface area (Å²) < 4.78 is 0. The number of carbonyl (C=O) groups excluding carboxylic acids is 1. The highest BCUT2D eigenvalue weighted by Gasteiger charge is 2.20. The van der Waals surface area contributed by atoms with E-state index in [1.807, 2.05) is 0 Å². The molecule has 1 aromatic carbocycles. The van der Waals surface area contributed by atoms with Crippen LogP contribution in [-0.2, 0) is 0 Å². The second kappa shape index (κ2) is 9.53. The molecule has 2 heterocycles. The Kier molecular flexibility index (Phi) is 6.85. The Morgan fingerprint density at radius 1 is 1.04 bits per heavy atom. The van der Waals surface area contributed by atoms with E-state index < -0.39 is 0 Å². The van der Waals surface area contributed by atoms with E-state index in [4.69, 9.17) is 0 Å². The van der Waals surface area contributed by atoms with Crippen LogP contribution in [0, 0.1) is 13.8 Å². The van der Waals surface area contributed by atoms with Gasteiger partial charge >= 0.3 is 0 Å². The minimum atomic E-state index is -0.0950. The maximum atomic E-state index is 12.1. The number of amides is 1. The standard InChI is InChI=1S/C22H31N5O/c1-4-5-6-10-23-21(28)19-15-24-22(25-16-19)27-13-11-26(12-14-27)20-9-7-8-17(2)18(20)3/h7-9,15-16H,4-6,10-14H2,1-3H3,(H,23,28). The van der Waals surface area contributed by atoms with Crippen LogP contribution in [0.2, 0.25) is 0 Å². The predicted octanol–water partition coefficient (Wildman–Crippen LogP) is 3.34. The van der Waals surface area contributed by atoms with Crippen LogP contribution in [0.25, 0.3) is 0 Å². The van der Waals surface area contributed by atoms with Gasteiger partial charge in [0.05, 0.1) is 5.56 Å². The van der Waals surface area contributed by atoms with Crippen molar-refractivity contribution < 1.29 is 4.79 Å². The Balaban J connectivity index is 1.54. The third kappa shape index (κ3) is 4.80. The van der Waals surface area contributed by atoms with Crippen molar-refractivity contribution in [3.63, 3.8) is 0 Å². The van der Waals surface area contributed by atoms with Gasteiger partial charge in [0.2, 0.25) is 5.95 Å². The van der Waals surface area contributed by atoms with Gasteiger partial charge in [-0.05, 0) is 37.5 Å². The zero-order chi connectivity index (χ0) is 19.9. The number of piperazine rings is 1. The summed E-state index contributed by atoms with van der Waals surface area (Å²) in [5.74, 6) is 0.602. The lowest BCUT2D eigenvalue weighted by atomic mass is 10.1. The number of anilines is 2. The SMILES string of the molecule is CCCCCNC(=O)c1cnc(N2CCN(c3cccc(C)c3C)CC2)nc1. The van der Waals surface area contributed by atoms with Gasteiger partial charge in [0, 0.05) is 50.8 Å². The zero-order valence-corrected chi connectivity index (χ0v) is 17.2. The second-order valence-corrected chi connectivity index (χ2v) is 7.43. The van der Waals surface area contributed by atoms with E-state index >= 15 is 0 Å². The first-order valence-corrected chi connectivity index (χ1v) is 10.3. The fraction of sp³-hybridized carbons (Fsp3) is 0.500. The zero-order valence-electron chi connectivity index (χ0n) is 17.2. The van der Waals surface area contributed by atoms with Crippen molar-refractivity contribution in [2.45, 2.75) is 40.0 Å². The third-order valence-corrected chi connectivity index (χ3v) is 5.45. The molecule has 0 unspecified atom stereocenters. The number of unbranched alkanes of at least 4 members (excludes halogenated alkanes) is 2. The number of nitrogens with one attached hydrogen (secondary N) is 1. The molecule has 0 spiro atoms. The number of nitrogens with zero attached hydrogens (tertiary/aromatic N) is 4. The molecule has 0 saturated carbocycles. The maximum Gasteiger partial charge on any atom is 0.254 e. The summed E-state index contributed by atoms with van der Waals surface area (Å²) in [6, 6.07) is 6.48. The molecule has 1 amide bonds. The highest BCUT2D eigenvalue weighted by Crippen LogP contribution is 2.24. The van der Waals surface area contributed by atoms with Crippen LogP contribution in [0.5, 0.6) is 0 Å². The second-order valence-electron chi connectivity index (χ2n) is 7.43. The molecule has 6 heteroatoms. The smallest absolute Gasteiger partial charge is 0.254 e. The first-order valence-electron chi connectivity index (χ1n) is 10.3. The average Bonchev–Trinajstić information content (AvgIpc) is 2.73. The first-order chi connectivity index (χ1) is 13.6. The monoisotopic (exact) mass is 381 g/mol. The molecule has 1 aliphatic heterocycles. The highest BCUT2D eigenvalue weighted by molar-refractivity contribution is 5.93. The summed E-state index contributed by atoms with van der Waals surface area (Å²) in [4.78, 5) is 25.6. The van der Waals surface area contributed by atoms with Crippen LogP contribution in [0.3, 0.4) is 0 Å². The molecule has 1 fully saturated rings. The number of hydrogen-bond acceptors (Lipinski definition) is 5. The molecule has 1 aliphatic rings. The number of aryl methyl sites for hydroxylation is 1. The Bertz CT molecular complexity index is 782. The van der Waals surface area contributed by atoms with E-state index in [-0.39, 0.29) is 5.91 Å². The van der Waals surface area contributed by atoms with Gasteiger partial charge in [-0.2, -0.15) is 0 Å². The molecule has 0 bridgehead atoms. The fourth-order valence-corrected chi connectivity index (χ4v) is 3.51. The lowest BCUT2D eigenvalue weighted by molar-refractivity contribution is 0.0952. The highest BCUT2D eigenvalue weighted by atomic mass is 16.1. The molecular formula is C22H31N5O. The van der Waals surface area contributed by atoms with Crippen molar-refractivity contribution in [3.05, 3.63) is 47.3 Å². The molecule has 1 aromatic heterocycles. The van der Waals surface area contributed by atoms with Crippen molar-refractivity contribution in [2.75, 3.05) is 42.5 Å². The Labute approximate surface area is 168 Å². The third-order valence-electron chi connectivity index (χ3n) is 5.45. The van der Waals surface area contributed by atoms with Crippen LogP contribution in [0.15, 0.2) is 30.6 Å². The fourth-order valence-electron chi connectivity index (χ4n) is 3.51. The van der Waals surface area contributed by atoms with Gasteiger partial charge in [-0.3, -0.25) is 4.79 Å². The molecular weight excluding hydrogens is 350 g/mol. The summed E-state index contributed by atoms with van der Waals surface area (Å²) in [5, 5.41) is 2.93. The van der Waals surface area contributed by atoms with Crippen LogP contribution >= 0.6 is 0 Å². The van der Waals surface area contributed by atoms with E-state index in [1.165, 1.54) is 16.8 Å². The molecule has 1 saturated heterocycles. The largest absolute Gasteiger partial charge is 0.368 e. The van der Waals surface area contributed by atoms with Gasteiger partial charge in [0.1, 0.15) is 0 Å². The topological polar surface area (TPSA) is 61.4 Å². The van der Waals surface area contributed by atoms with Crippen LogP contribution < -0.4 is 15.1 Å².